The quantitative estimate of drug-likeness (QED) is 0.478. The number of hydrogen-bond acceptors (Lipinski definition) is 2. The smallest absolute Gasteiger partial charge is 0.191 e. The molecule has 5 heteroatoms. The number of hydrogen-bond donors (Lipinski definition) is 1. The predicted molar refractivity (Wildman–Crippen MR) is 98.4 cm³/mol. The molecule has 1 fully saturated rings. The summed E-state index contributed by atoms with van der Waals surface area (Å²) in [5, 5.41) is 0. The molecule has 0 aliphatic carbocycles. The third-order valence-electron chi connectivity index (χ3n) is 3.70. The van der Waals surface area contributed by atoms with Crippen LogP contribution in [0.25, 0.3) is 0 Å². The first kappa shape index (κ1) is 18.1. The van der Waals surface area contributed by atoms with Crippen molar-refractivity contribution in [1.29, 1.82) is 0 Å². The summed E-state index contributed by atoms with van der Waals surface area (Å²) in [5.74, 6) is 2.33. The van der Waals surface area contributed by atoms with Crippen LogP contribution in [0.2, 0.25) is 0 Å². The zero-order valence-electron chi connectivity index (χ0n) is 12.9. The molecule has 0 saturated carbocycles. The summed E-state index contributed by atoms with van der Waals surface area (Å²) in [6.07, 6.45) is 2.43. The summed E-state index contributed by atoms with van der Waals surface area (Å²) in [6, 6.07) is 9.82. The van der Waals surface area contributed by atoms with E-state index in [1.165, 1.54) is 12.8 Å². The van der Waals surface area contributed by atoms with E-state index >= 15 is 0 Å². The van der Waals surface area contributed by atoms with Crippen LogP contribution in [-0.4, -0.2) is 36.6 Å². The van der Waals surface area contributed by atoms with E-state index in [1.807, 2.05) is 37.3 Å². The van der Waals surface area contributed by atoms with E-state index < -0.39 is 0 Å². The van der Waals surface area contributed by atoms with Crippen molar-refractivity contribution in [2.75, 3.05) is 19.6 Å². The van der Waals surface area contributed by atoms with Gasteiger partial charge in [-0.15, -0.1) is 24.0 Å². The van der Waals surface area contributed by atoms with Gasteiger partial charge in [-0.25, -0.2) is 4.99 Å². The molecule has 0 amide bonds. The maximum atomic E-state index is 6.06. The molecule has 0 radical (unpaired) electrons. The number of likely N-dealkylation sites (tertiary alicyclic amines) is 1. The highest BCUT2D eigenvalue weighted by molar-refractivity contribution is 14.0. The highest BCUT2D eigenvalue weighted by Gasteiger charge is 2.17. The molecule has 21 heavy (non-hydrogen) atoms. The lowest BCUT2D eigenvalue weighted by atomic mass is 10.00. The van der Waals surface area contributed by atoms with Gasteiger partial charge >= 0.3 is 0 Å². The second-order valence-corrected chi connectivity index (χ2v) is 5.61. The van der Waals surface area contributed by atoms with Gasteiger partial charge in [0, 0.05) is 13.1 Å². The van der Waals surface area contributed by atoms with Gasteiger partial charge in [-0.05, 0) is 37.8 Å². The van der Waals surface area contributed by atoms with E-state index in [-0.39, 0.29) is 30.1 Å². The summed E-state index contributed by atoms with van der Waals surface area (Å²) in [7, 11) is 0. The number of aliphatic imine (C=N–C) groups is 1. The van der Waals surface area contributed by atoms with Crippen molar-refractivity contribution in [2.45, 2.75) is 32.8 Å². The molecule has 1 saturated heterocycles. The molecule has 1 aromatic carbocycles. The Labute approximate surface area is 144 Å². The lowest BCUT2D eigenvalue weighted by molar-refractivity contribution is 0.228. The number of rotatable bonds is 4. The fraction of sp³-hybridized carbons (Fsp3) is 0.562. The minimum atomic E-state index is 0. The summed E-state index contributed by atoms with van der Waals surface area (Å²) in [4.78, 5) is 6.64. The second kappa shape index (κ2) is 9.12. The third-order valence-corrected chi connectivity index (χ3v) is 3.70. The normalized spacial score (nSPS) is 18.0. The third kappa shape index (κ3) is 6.11. The molecule has 0 bridgehead atoms. The summed E-state index contributed by atoms with van der Waals surface area (Å²) in [5.41, 5.74) is 6.06. The van der Waals surface area contributed by atoms with E-state index in [1.54, 1.807) is 0 Å². The van der Waals surface area contributed by atoms with Gasteiger partial charge in [0.15, 0.2) is 5.96 Å². The van der Waals surface area contributed by atoms with Gasteiger partial charge in [-0.2, -0.15) is 0 Å². The van der Waals surface area contributed by atoms with Crippen molar-refractivity contribution < 1.29 is 4.74 Å². The standard InChI is InChI=1S/C16H25N3O.HI/c1-13-8-10-19(11-9-13)16(17)18-12-14(2)20-15-6-4-3-5-7-15;/h3-7,13-14H,8-12H2,1-2H3,(H2,17,18);1H. The Bertz CT molecular complexity index is 430. The highest BCUT2D eigenvalue weighted by Crippen LogP contribution is 2.15. The molecule has 1 unspecified atom stereocenters. The number of benzene rings is 1. The molecule has 4 nitrogen and oxygen atoms in total. The first-order valence-corrected chi connectivity index (χ1v) is 7.41. The van der Waals surface area contributed by atoms with E-state index in [9.17, 15) is 0 Å². The molecule has 1 aliphatic rings. The monoisotopic (exact) mass is 403 g/mol. The van der Waals surface area contributed by atoms with E-state index in [0.29, 0.717) is 12.5 Å². The zero-order chi connectivity index (χ0) is 14.4. The maximum absolute atomic E-state index is 6.06. The van der Waals surface area contributed by atoms with Gasteiger partial charge in [0.05, 0.1) is 6.54 Å². The van der Waals surface area contributed by atoms with Crippen LogP contribution in [-0.2, 0) is 0 Å². The van der Waals surface area contributed by atoms with Crippen LogP contribution >= 0.6 is 24.0 Å². The number of nitrogens with two attached hydrogens (primary N) is 1. The van der Waals surface area contributed by atoms with Gasteiger partial charge < -0.3 is 15.4 Å². The molecular formula is C16H26IN3O. The van der Waals surface area contributed by atoms with Crippen molar-refractivity contribution in [1.82, 2.24) is 4.90 Å². The van der Waals surface area contributed by atoms with Crippen molar-refractivity contribution in [2.24, 2.45) is 16.6 Å². The molecule has 0 spiro atoms. The number of guanidine groups is 1. The summed E-state index contributed by atoms with van der Waals surface area (Å²) in [6.45, 7) is 6.93. The molecule has 2 rings (SSSR count). The fourth-order valence-corrected chi connectivity index (χ4v) is 2.33. The predicted octanol–water partition coefficient (Wildman–Crippen LogP) is 3.12. The van der Waals surface area contributed by atoms with Crippen LogP contribution in [0.15, 0.2) is 35.3 Å². The minimum Gasteiger partial charge on any atom is -0.489 e. The Morgan fingerprint density at radius 3 is 2.57 bits per heavy atom. The highest BCUT2D eigenvalue weighted by atomic mass is 127. The molecule has 1 aromatic rings. The lowest BCUT2D eigenvalue weighted by Gasteiger charge is -2.31. The molecule has 1 atom stereocenters. The Balaban J connectivity index is 0.00000220. The maximum Gasteiger partial charge on any atom is 0.191 e. The van der Waals surface area contributed by atoms with E-state index in [4.69, 9.17) is 10.5 Å². The van der Waals surface area contributed by atoms with Gasteiger partial charge in [-0.1, -0.05) is 25.1 Å². The number of ether oxygens (including phenoxy) is 1. The van der Waals surface area contributed by atoms with Crippen LogP contribution in [0, 0.1) is 5.92 Å². The van der Waals surface area contributed by atoms with Crippen LogP contribution in [0.3, 0.4) is 0 Å². The molecule has 118 valence electrons. The van der Waals surface area contributed by atoms with Crippen LogP contribution < -0.4 is 10.5 Å². The van der Waals surface area contributed by atoms with Crippen LogP contribution in [0.1, 0.15) is 26.7 Å². The van der Waals surface area contributed by atoms with Gasteiger partial charge in [0.2, 0.25) is 0 Å². The van der Waals surface area contributed by atoms with Crippen molar-refractivity contribution in [3.05, 3.63) is 30.3 Å². The Morgan fingerprint density at radius 2 is 1.95 bits per heavy atom. The number of para-hydroxylation sites is 1. The molecule has 2 N–H and O–H groups in total. The van der Waals surface area contributed by atoms with Gasteiger partial charge in [0.1, 0.15) is 11.9 Å². The van der Waals surface area contributed by atoms with E-state index in [2.05, 4.69) is 16.8 Å². The molecular weight excluding hydrogens is 377 g/mol. The van der Waals surface area contributed by atoms with Crippen LogP contribution in [0.5, 0.6) is 5.75 Å². The summed E-state index contributed by atoms with van der Waals surface area (Å²) >= 11 is 0. The Morgan fingerprint density at radius 1 is 1.33 bits per heavy atom. The SMILES string of the molecule is CC1CCN(C(N)=NCC(C)Oc2ccccc2)CC1.I. The topological polar surface area (TPSA) is 50.8 Å². The van der Waals surface area contributed by atoms with Crippen molar-refractivity contribution in [3.8, 4) is 5.75 Å². The number of nitrogens with zero attached hydrogens (tertiary/aromatic N) is 2. The second-order valence-electron chi connectivity index (χ2n) is 5.61. The zero-order valence-corrected chi connectivity index (χ0v) is 15.2. The lowest BCUT2D eigenvalue weighted by Crippen LogP contribution is -2.43. The average Bonchev–Trinajstić information content (AvgIpc) is 2.46. The van der Waals surface area contributed by atoms with E-state index in [0.717, 1.165) is 24.8 Å². The number of piperidine rings is 1. The average molecular weight is 403 g/mol. The Hall–Kier alpha value is -0.980. The van der Waals surface area contributed by atoms with Gasteiger partial charge in [0.25, 0.3) is 0 Å². The molecule has 1 heterocycles. The fourth-order valence-electron chi connectivity index (χ4n) is 2.33. The minimum absolute atomic E-state index is 0. The molecule has 0 aromatic heterocycles. The number of halogens is 1. The first-order chi connectivity index (χ1) is 9.65. The Kier molecular flexibility index (Phi) is 7.85. The van der Waals surface area contributed by atoms with Crippen molar-refractivity contribution in [3.63, 3.8) is 0 Å². The van der Waals surface area contributed by atoms with Gasteiger partial charge in [-0.3, -0.25) is 0 Å². The molecule has 1 aliphatic heterocycles. The largest absolute Gasteiger partial charge is 0.489 e. The summed E-state index contributed by atoms with van der Waals surface area (Å²) < 4.78 is 5.79. The first-order valence-electron chi connectivity index (χ1n) is 7.41. The van der Waals surface area contributed by atoms with Crippen molar-refractivity contribution >= 4 is 29.9 Å². The van der Waals surface area contributed by atoms with Crippen LogP contribution in [0.4, 0.5) is 0 Å².